The lowest BCUT2D eigenvalue weighted by molar-refractivity contribution is -0.143. The van der Waals surface area contributed by atoms with Crippen LogP contribution in [0.5, 0.6) is 0 Å². The molecule has 41 heavy (non-hydrogen) atoms. The first-order valence-electron chi connectivity index (χ1n) is 13.7. The van der Waals surface area contributed by atoms with Crippen molar-refractivity contribution in [1.82, 2.24) is 19.7 Å². The summed E-state index contributed by atoms with van der Waals surface area (Å²) in [5.41, 5.74) is -1.72. The van der Waals surface area contributed by atoms with Crippen LogP contribution < -0.4 is 0 Å². The predicted molar refractivity (Wildman–Crippen MR) is 148 cm³/mol. The lowest BCUT2D eigenvalue weighted by Crippen LogP contribution is -2.56. The second-order valence-corrected chi connectivity index (χ2v) is 11.8. The molecule has 0 spiro atoms. The topological polar surface area (TPSA) is 42.6 Å². The van der Waals surface area contributed by atoms with E-state index < -0.39 is 41.0 Å². The van der Waals surface area contributed by atoms with Crippen molar-refractivity contribution in [3.63, 3.8) is 0 Å². The maximum atomic E-state index is 13.6. The first-order valence-corrected chi connectivity index (χ1v) is 14.8. The summed E-state index contributed by atoms with van der Waals surface area (Å²) in [7, 11) is 0. The fourth-order valence-electron chi connectivity index (χ4n) is 5.71. The molecule has 3 heterocycles. The van der Waals surface area contributed by atoms with Crippen molar-refractivity contribution in [2.24, 2.45) is 0 Å². The molecule has 1 atom stereocenters. The number of piperazine rings is 1. The summed E-state index contributed by atoms with van der Waals surface area (Å²) in [6.07, 6.45) is -6.83. The van der Waals surface area contributed by atoms with Gasteiger partial charge in [-0.2, -0.15) is 38.1 Å². The molecule has 12 heteroatoms. The van der Waals surface area contributed by atoms with Crippen LogP contribution in [-0.4, -0.2) is 89.0 Å². The molecule has 2 fully saturated rings. The molecule has 0 radical (unpaired) electrons. The van der Waals surface area contributed by atoms with Gasteiger partial charge in [-0.25, -0.2) is 0 Å². The fourth-order valence-corrected chi connectivity index (χ4v) is 6.68. The number of aromatic amines is 1. The molecule has 2 aliphatic rings. The molecule has 5 rings (SSSR count). The number of amides is 1. The summed E-state index contributed by atoms with van der Waals surface area (Å²) in [5, 5.41) is 0.971. The first-order chi connectivity index (χ1) is 19.5. The van der Waals surface area contributed by atoms with E-state index in [2.05, 4.69) is 14.8 Å². The number of hydrogen-bond acceptors (Lipinski definition) is 4. The number of para-hydroxylation sites is 1. The van der Waals surface area contributed by atoms with E-state index in [1.807, 2.05) is 42.2 Å². The fraction of sp³-hybridized carbons (Fsp3) is 0.483. The summed E-state index contributed by atoms with van der Waals surface area (Å²) < 4.78 is 81.1. The Balaban J connectivity index is 1.39. The number of aromatic nitrogens is 1. The quantitative estimate of drug-likeness (QED) is 0.338. The van der Waals surface area contributed by atoms with Gasteiger partial charge in [0.05, 0.1) is 11.1 Å². The zero-order valence-electron chi connectivity index (χ0n) is 22.4. The molecule has 1 amide bonds. The van der Waals surface area contributed by atoms with Crippen LogP contribution in [0.25, 0.3) is 10.9 Å². The Morgan fingerprint density at radius 3 is 2.22 bits per heavy atom. The number of nitrogens with one attached hydrogen (secondary N) is 1. The van der Waals surface area contributed by atoms with Gasteiger partial charge in [0.2, 0.25) is 0 Å². The van der Waals surface area contributed by atoms with Crippen LogP contribution in [0.3, 0.4) is 0 Å². The van der Waals surface area contributed by atoms with E-state index >= 15 is 0 Å². The van der Waals surface area contributed by atoms with E-state index in [9.17, 15) is 31.1 Å². The van der Waals surface area contributed by atoms with Crippen molar-refractivity contribution in [3.05, 3.63) is 70.9 Å². The molecule has 0 bridgehead atoms. The van der Waals surface area contributed by atoms with Gasteiger partial charge < -0.3 is 14.8 Å². The van der Waals surface area contributed by atoms with Gasteiger partial charge in [0, 0.05) is 72.9 Å². The highest BCUT2D eigenvalue weighted by Crippen LogP contribution is 2.37. The number of rotatable bonds is 7. The number of nitrogens with zero attached hydrogens (tertiary/aromatic N) is 3. The van der Waals surface area contributed by atoms with Gasteiger partial charge in [-0.15, -0.1) is 0 Å². The highest BCUT2D eigenvalue weighted by Gasteiger charge is 2.39. The van der Waals surface area contributed by atoms with Crippen LogP contribution in [0.4, 0.5) is 26.3 Å². The van der Waals surface area contributed by atoms with Gasteiger partial charge in [-0.1, -0.05) is 18.2 Å². The highest BCUT2D eigenvalue weighted by atomic mass is 32.2. The maximum Gasteiger partial charge on any atom is 0.416 e. The number of halogens is 6. The van der Waals surface area contributed by atoms with Crippen molar-refractivity contribution >= 4 is 28.6 Å². The Bertz CT molecular complexity index is 1320. The second-order valence-electron chi connectivity index (χ2n) is 10.6. The molecule has 0 saturated carbocycles. The van der Waals surface area contributed by atoms with Gasteiger partial charge in [0.1, 0.15) is 0 Å². The van der Waals surface area contributed by atoms with Gasteiger partial charge in [0.15, 0.2) is 0 Å². The third-order valence-corrected chi connectivity index (χ3v) is 8.79. The Labute approximate surface area is 238 Å². The minimum atomic E-state index is -5.02. The van der Waals surface area contributed by atoms with Crippen molar-refractivity contribution < 1.29 is 31.1 Å². The third-order valence-electron chi connectivity index (χ3n) is 7.85. The van der Waals surface area contributed by atoms with Crippen molar-refractivity contribution in [2.45, 2.75) is 31.2 Å². The molecular formula is C29H32F6N4OS. The van der Waals surface area contributed by atoms with E-state index in [0.717, 1.165) is 60.6 Å². The van der Waals surface area contributed by atoms with E-state index in [4.69, 9.17) is 0 Å². The van der Waals surface area contributed by atoms with Gasteiger partial charge in [0.25, 0.3) is 5.91 Å². The SMILES string of the molecule is O=C(c1cc(C(F)(F)F)cc(C(F)(F)F)c1)N1CCN(CCCN2CCSCC2)C[C@H]1Cc1c[nH]c2ccccc12. The average molecular weight is 599 g/mol. The lowest BCUT2D eigenvalue weighted by Gasteiger charge is -2.42. The average Bonchev–Trinajstić information content (AvgIpc) is 3.35. The highest BCUT2D eigenvalue weighted by molar-refractivity contribution is 7.99. The third kappa shape index (κ3) is 7.21. The second kappa shape index (κ2) is 12.3. The van der Waals surface area contributed by atoms with Gasteiger partial charge >= 0.3 is 12.4 Å². The Kier molecular flexibility index (Phi) is 8.91. The number of alkyl halides is 6. The molecule has 2 aliphatic heterocycles. The Hall–Kier alpha value is -2.70. The Morgan fingerprint density at radius 1 is 0.878 bits per heavy atom. The summed E-state index contributed by atoms with van der Waals surface area (Å²) >= 11 is 1.95. The number of carbonyl (C=O) groups excluding carboxylic acids is 1. The van der Waals surface area contributed by atoms with Gasteiger partial charge in [-0.05, 0) is 55.8 Å². The molecule has 3 aromatic rings. The number of thioether (sulfide) groups is 1. The van der Waals surface area contributed by atoms with Crippen molar-refractivity contribution in [2.75, 3.05) is 57.3 Å². The monoisotopic (exact) mass is 598 g/mol. The standard InChI is InChI=1S/C29H32F6N4OS/c30-28(31,32)22-14-20(15-23(17-22)29(33,34)35)27(40)39-9-8-38(7-3-6-37-10-12-41-13-11-37)19-24(39)16-21-18-36-26-5-2-1-4-25(21)26/h1-2,4-5,14-15,17-18,24,36H,3,6-13,16,19H2/t24-/m1/s1. The summed E-state index contributed by atoms with van der Waals surface area (Å²) in [4.78, 5) is 23.0. The summed E-state index contributed by atoms with van der Waals surface area (Å²) in [6, 6.07) is 8.37. The van der Waals surface area contributed by atoms with E-state index in [0.29, 0.717) is 31.6 Å². The zero-order valence-corrected chi connectivity index (χ0v) is 23.2. The number of hydrogen-bond donors (Lipinski definition) is 1. The molecule has 1 aromatic heterocycles. The molecule has 222 valence electrons. The van der Waals surface area contributed by atoms with E-state index in [1.165, 1.54) is 4.90 Å². The smallest absolute Gasteiger partial charge is 0.361 e. The molecule has 0 aliphatic carbocycles. The van der Waals surface area contributed by atoms with Crippen molar-refractivity contribution in [3.8, 4) is 0 Å². The van der Waals surface area contributed by atoms with Crippen LogP contribution >= 0.6 is 11.8 Å². The first kappa shape index (κ1) is 29.8. The largest absolute Gasteiger partial charge is 0.416 e. The van der Waals surface area contributed by atoms with Crippen LogP contribution in [0.2, 0.25) is 0 Å². The number of carbonyl (C=O) groups is 1. The predicted octanol–water partition coefficient (Wildman–Crippen LogP) is 6.01. The molecule has 2 saturated heterocycles. The van der Waals surface area contributed by atoms with E-state index in [1.54, 1.807) is 0 Å². The zero-order chi connectivity index (χ0) is 29.2. The minimum absolute atomic E-state index is 0.0547. The maximum absolute atomic E-state index is 13.6. The van der Waals surface area contributed by atoms with Crippen LogP contribution in [-0.2, 0) is 18.8 Å². The van der Waals surface area contributed by atoms with Gasteiger partial charge in [-0.3, -0.25) is 9.69 Å². The summed E-state index contributed by atoms with van der Waals surface area (Å²) in [5.74, 6) is 1.43. The molecule has 2 aromatic carbocycles. The number of fused-ring (bicyclic) bond motifs is 1. The summed E-state index contributed by atoms with van der Waals surface area (Å²) in [6.45, 7) is 5.09. The molecular weight excluding hydrogens is 566 g/mol. The van der Waals surface area contributed by atoms with Crippen LogP contribution in [0, 0.1) is 0 Å². The molecule has 0 unspecified atom stereocenters. The van der Waals surface area contributed by atoms with Crippen molar-refractivity contribution in [1.29, 1.82) is 0 Å². The number of benzene rings is 2. The molecule has 5 nitrogen and oxygen atoms in total. The Morgan fingerprint density at radius 2 is 1.54 bits per heavy atom. The van der Waals surface area contributed by atoms with E-state index in [-0.39, 0.29) is 12.6 Å². The normalized spacial score (nSPS) is 19.7. The minimum Gasteiger partial charge on any atom is -0.361 e. The van der Waals surface area contributed by atoms with Crippen LogP contribution in [0.15, 0.2) is 48.7 Å². The lowest BCUT2D eigenvalue weighted by atomic mass is 9.98. The number of H-pyrrole nitrogens is 1. The molecule has 1 N–H and O–H groups in total. The van der Waals surface area contributed by atoms with Crippen LogP contribution in [0.1, 0.15) is 33.5 Å².